The first kappa shape index (κ1) is 17.5. The number of likely N-dealkylation sites (tertiary alicyclic amines) is 1. The highest BCUT2D eigenvalue weighted by Crippen LogP contribution is 2.30. The van der Waals surface area contributed by atoms with E-state index < -0.39 is 11.7 Å². The molecule has 3 atom stereocenters. The molecule has 0 aliphatic carbocycles. The molecule has 1 N–H and O–H groups in total. The molecule has 7 heteroatoms. The standard InChI is InChI=1S/C16H25N3O4/c1-10-8-19(15(21)23-16(2,3)4)9-11(14(10)20)12-6-7-13(22-5)18-17-12/h6-7,10-11,14,20H,8-9H2,1-5H3. The van der Waals surface area contributed by atoms with Gasteiger partial charge in [-0.1, -0.05) is 6.92 Å². The molecule has 2 rings (SSSR count). The summed E-state index contributed by atoms with van der Waals surface area (Å²) in [5.74, 6) is 0.0333. The number of carbonyl (C=O) groups is 1. The third-order valence-corrected chi connectivity index (χ3v) is 3.82. The van der Waals surface area contributed by atoms with E-state index in [9.17, 15) is 9.90 Å². The van der Waals surface area contributed by atoms with Crippen molar-refractivity contribution in [1.29, 1.82) is 0 Å². The van der Waals surface area contributed by atoms with E-state index in [2.05, 4.69) is 10.2 Å². The predicted octanol–water partition coefficient (Wildman–Crippen LogP) is 1.82. The molecule has 2 heterocycles. The Bertz CT molecular complexity index is 541. The van der Waals surface area contributed by atoms with Gasteiger partial charge in [0.1, 0.15) is 5.60 Å². The summed E-state index contributed by atoms with van der Waals surface area (Å²) in [5, 5.41) is 18.5. The van der Waals surface area contributed by atoms with Crippen LogP contribution in [0.3, 0.4) is 0 Å². The van der Waals surface area contributed by atoms with Crippen molar-refractivity contribution in [1.82, 2.24) is 15.1 Å². The number of ether oxygens (including phenoxy) is 2. The largest absolute Gasteiger partial charge is 0.480 e. The van der Waals surface area contributed by atoms with Crippen LogP contribution in [0.2, 0.25) is 0 Å². The van der Waals surface area contributed by atoms with E-state index in [1.165, 1.54) is 7.11 Å². The maximum absolute atomic E-state index is 12.3. The molecule has 0 radical (unpaired) electrons. The Kier molecular flexibility index (Phi) is 5.09. The summed E-state index contributed by atoms with van der Waals surface area (Å²) in [6.45, 7) is 8.21. The Morgan fingerprint density at radius 3 is 2.52 bits per heavy atom. The SMILES string of the molecule is COc1ccc(C2CN(C(=O)OC(C)(C)C)CC(C)C2O)nn1. The zero-order valence-electron chi connectivity index (χ0n) is 14.3. The van der Waals surface area contributed by atoms with Crippen LogP contribution in [-0.2, 0) is 4.74 Å². The van der Waals surface area contributed by atoms with Crippen molar-refractivity contribution in [3.63, 3.8) is 0 Å². The minimum atomic E-state index is -0.587. The van der Waals surface area contributed by atoms with E-state index in [4.69, 9.17) is 9.47 Å². The van der Waals surface area contributed by atoms with Crippen LogP contribution in [0.5, 0.6) is 5.88 Å². The molecule has 1 aliphatic heterocycles. The average molecular weight is 323 g/mol. The molecule has 1 amide bonds. The molecule has 7 nitrogen and oxygen atoms in total. The van der Waals surface area contributed by atoms with Crippen LogP contribution in [0.25, 0.3) is 0 Å². The normalized spacial score (nSPS) is 25.1. The minimum absolute atomic E-state index is 0.0785. The Balaban J connectivity index is 2.16. The highest BCUT2D eigenvalue weighted by Gasteiger charge is 2.38. The van der Waals surface area contributed by atoms with Gasteiger partial charge < -0.3 is 19.5 Å². The van der Waals surface area contributed by atoms with E-state index in [1.54, 1.807) is 17.0 Å². The molecule has 0 saturated carbocycles. The molecule has 128 valence electrons. The third-order valence-electron chi connectivity index (χ3n) is 3.82. The summed E-state index contributed by atoms with van der Waals surface area (Å²) in [7, 11) is 1.52. The summed E-state index contributed by atoms with van der Waals surface area (Å²) < 4.78 is 10.4. The highest BCUT2D eigenvalue weighted by atomic mass is 16.6. The van der Waals surface area contributed by atoms with Crippen LogP contribution in [0, 0.1) is 5.92 Å². The van der Waals surface area contributed by atoms with E-state index in [0.29, 0.717) is 24.7 Å². The molecule has 23 heavy (non-hydrogen) atoms. The van der Waals surface area contributed by atoms with Crippen LogP contribution in [0.4, 0.5) is 4.79 Å². The number of hydrogen-bond donors (Lipinski definition) is 1. The first-order valence-electron chi connectivity index (χ1n) is 7.75. The van der Waals surface area contributed by atoms with Crippen LogP contribution >= 0.6 is 0 Å². The zero-order chi connectivity index (χ0) is 17.2. The lowest BCUT2D eigenvalue weighted by molar-refractivity contribution is -0.0150. The zero-order valence-corrected chi connectivity index (χ0v) is 14.3. The summed E-state index contributed by atoms with van der Waals surface area (Å²) in [6.07, 6.45) is -0.959. The second kappa shape index (κ2) is 6.70. The van der Waals surface area contributed by atoms with Crippen LogP contribution in [0.15, 0.2) is 12.1 Å². The topological polar surface area (TPSA) is 84.8 Å². The van der Waals surface area contributed by atoms with Gasteiger partial charge in [-0.05, 0) is 26.8 Å². The number of methoxy groups -OCH3 is 1. The first-order chi connectivity index (χ1) is 10.7. The number of hydrogen-bond acceptors (Lipinski definition) is 6. The Morgan fingerprint density at radius 2 is 2.00 bits per heavy atom. The molecule has 1 fully saturated rings. The number of aliphatic hydroxyl groups is 1. The smallest absolute Gasteiger partial charge is 0.410 e. The monoisotopic (exact) mass is 323 g/mol. The van der Waals surface area contributed by atoms with E-state index in [1.807, 2.05) is 27.7 Å². The third kappa shape index (κ3) is 4.31. The maximum atomic E-state index is 12.3. The fourth-order valence-electron chi connectivity index (χ4n) is 2.65. The highest BCUT2D eigenvalue weighted by molar-refractivity contribution is 5.68. The van der Waals surface area contributed by atoms with Crippen molar-refractivity contribution in [2.75, 3.05) is 20.2 Å². The first-order valence-corrected chi connectivity index (χ1v) is 7.75. The van der Waals surface area contributed by atoms with Crippen molar-refractivity contribution in [2.45, 2.75) is 45.3 Å². The second-order valence-electron chi connectivity index (χ2n) is 6.96. The number of nitrogens with zero attached hydrogens (tertiary/aromatic N) is 3. The van der Waals surface area contributed by atoms with Gasteiger partial charge >= 0.3 is 6.09 Å². The number of carbonyl (C=O) groups excluding carboxylic acids is 1. The van der Waals surface area contributed by atoms with Crippen molar-refractivity contribution < 1.29 is 19.4 Å². The number of piperidine rings is 1. The predicted molar refractivity (Wildman–Crippen MR) is 84.3 cm³/mol. The van der Waals surface area contributed by atoms with E-state index in [-0.39, 0.29) is 17.9 Å². The lowest BCUT2D eigenvalue weighted by atomic mass is 9.85. The van der Waals surface area contributed by atoms with Gasteiger partial charge in [0.15, 0.2) is 0 Å². The molecule has 1 aliphatic rings. The summed E-state index contributed by atoms with van der Waals surface area (Å²) in [5.41, 5.74) is 0.0876. The van der Waals surface area contributed by atoms with Gasteiger partial charge in [0.2, 0.25) is 5.88 Å². The molecular weight excluding hydrogens is 298 g/mol. The van der Waals surface area contributed by atoms with Crippen LogP contribution in [0.1, 0.15) is 39.3 Å². The molecular formula is C16H25N3O4. The van der Waals surface area contributed by atoms with Gasteiger partial charge in [-0.3, -0.25) is 0 Å². The lowest BCUT2D eigenvalue weighted by Crippen LogP contribution is -2.50. The van der Waals surface area contributed by atoms with Crippen molar-refractivity contribution in [3.8, 4) is 5.88 Å². The Hall–Kier alpha value is -1.89. The molecule has 1 aromatic heterocycles. The molecule has 0 aromatic carbocycles. The lowest BCUT2D eigenvalue weighted by Gasteiger charge is -2.40. The van der Waals surface area contributed by atoms with Crippen LogP contribution in [-0.4, -0.2) is 58.2 Å². The van der Waals surface area contributed by atoms with E-state index in [0.717, 1.165) is 0 Å². The van der Waals surface area contributed by atoms with Crippen LogP contribution < -0.4 is 4.74 Å². The van der Waals surface area contributed by atoms with Crippen molar-refractivity contribution in [2.24, 2.45) is 5.92 Å². The van der Waals surface area contributed by atoms with Gasteiger partial charge in [0, 0.05) is 31.0 Å². The van der Waals surface area contributed by atoms with Gasteiger partial charge in [-0.15, -0.1) is 5.10 Å². The summed E-state index contributed by atoms with van der Waals surface area (Å²) >= 11 is 0. The van der Waals surface area contributed by atoms with Crippen molar-refractivity contribution in [3.05, 3.63) is 17.8 Å². The molecule has 0 bridgehead atoms. The number of aliphatic hydroxyl groups excluding tert-OH is 1. The fraction of sp³-hybridized carbons (Fsp3) is 0.688. The van der Waals surface area contributed by atoms with Crippen molar-refractivity contribution >= 4 is 6.09 Å². The number of rotatable bonds is 2. The number of amides is 1. The van der Waals surface area contributed by atoms with E-state index >= 15 is 0 Å². The van der Waals surface area contributed by atoms with Gasteiger partial charge in [0.25, 0.3) is 0 Å². The van der Waals surface area contributed by atoms with Gasteiger partial charge in [0.05, 0.1) is 18.9 Å². The molecule has 1 saturated heterocycles. The Labute approximate surface area is 136 Å². The molecule has 3 unspecified atom stereocenters. The summed E-state index contributed by atoms with van der Waals surface area (Å²) in [4.78, 5) is 13.9. The van der Waals surface area contributed by atoms with Gasteiger partial charge in [-0.2, -0.15) is 5.10 Å². The molecule has 0 spiro atoms. The molecule has 1 aromatic rings. The quantitative estimate of drug-likeness (QED) is 0.893. The second-order valence-corrected chi connectivity index (χ2v) is 6.96. The van der Waals surface area contributed by atoms with Gasteiger partial charge in [-0.25, -0.2) is 4.79 Å². The fourth-order valence-corrected chi connectivity index (χ4v) is 2.65. The Morgan fingerprint density at radius 1 is 1.30 bits per heavy atom. The minimum Gasteiger partial charge on any atom is -0.480 e. The average Bonchev–Trinajstić information content (AvgIpc) is 2.48. The number of aromatic nitrogens is 2. The maximum Gasteiger partial charge on any atom is 0.410 e. The summed E-state index contributed by atoms with van der Waals surface area (Å²) in [6, 6.07) is 3.47.